The summed E-state index contributed by atoms with van der Waals surface area (Å²) < 4.78 is 5.09. The molecule has 1 aromatic rings. The largest absolute Gasteiger partial charge is 0.497 e. The number of nitrogens with zero attached hydrogens (tertiary/aromatic N) is 1. The van der Waals surface area contributed by atoms with Crippen molar-refractivity contribution in [3.63, 3.8) is 0 Å². The molecule has 0 fully saturated rings. The van der Waals surface area contributed by atoms with Crippen LogP contribution in [0.1, 0.15) is 36.5 Å². The van der Waals surface area contributed by atoms with E-state index in [1.807, 2.05) is 14.0 Å². The van der Waals surface area contributed by atoms with E-state index in [-0.39, 0.29) is 18.4 Å². The van der Waals surface area contributed by atoms with Crippen LogP contribution in [-0.2, 0) is 0 Å². The van der Waals surface area contributed by atoms with Gasteiger partial charge in [0.1, 0.15) is 5.75 Å². The van der Waals surface area contributed by atoms with Gasteiger partial charge in [-0.3, -0.25) is 9.69 Å². The number of aliphatic hydroxyl groups excluding tert-OH is 1. The molecule has 1 atom stereocenters. The average molecular weight is 279 g/mol. The van der Waals surface area contributed by atoms with E-state index in [1.54, 1.807) is 31.4 Å². The predicted octanol–water partition coefficient (Wildman–Crippen LogP) is 2.36. The topological polar surface area (TPSA) is 49.8 Å². The van der Waals surface area contributed by atoms with Gasteiger partial charge in [0, 0.05) is 12.2 Å². The summed E-state index contributed by atoms with van der Waals surface area (Å²) in [7, 11) is 3.57. The summed E-state index contributed by atoms with van der Waals surface area (Å²) in [5.41, 5.74) is 0.709. The van der Waals surface area contributed by atoms with Gasteiger partial charge in [0.15, 0.2) is 5.78 Å². The predicted molar refractivity (Wildman–Crippen MR) is 80.4 cm³/mol. The number of methoxy groups -OCH3 is 1. The van der Waals surface area contributed by atoms with Crippen LogP contribution in [0.3, 0.4) is 0 Å². The normalized spacial score (nSPS) is 12.4. The van der Waals surface area contributed by atoms with E-state index < -0.39 is 0 Å². The molecule has 0 amide bonds. The van der Waals surface area contributed by atoms with Crippen LogP contribution in [0, 0.1) is 0 Å². The maximum absolute atomic E-state index is 12.4. The number of ketones is 1. The van der Waals surface area contributed by atoms with Crippen LogP contribution in [0.5, 0.6) is 5.75 Å². The first-order chi connectivity index (χ1) is 9.60. The molecule has 0 heterocycles. The van der Waals surface area contributed by atoms with Gasteiger partial charge < -0.3 is 9.84 Å². The third-order valence-electron chi connectivity index (χ3n) is 3.58. The maximum atomic E-state index is 12.4. The molecular formula is C16H25NO3. The molecule has 4 heteroatoms. The molecule has 20 heavy (non-hydrogen) atoms. The number of Topliss-reactive ketones (excluding diaryl/α,β-unsaturated/α-hetero) is 1. The van der Waals surface area contributed by atoms with Crippen LogP contribution < -0.4 is 4.74 Å². The Morgan fingerprint density at radius 1 is 1.25 bits per heavy atom. The van der Waals surface area contributed by atoms with Crippen molar-refractivity contribution in [2.24, 2.45) is 0 Å². The highest BCUT2D eigenvalue weighted by molar-refractivity contribution is 5.99. The lowest BCUT2D eigenvalue weighted by atomic mass is 10.0. The number of aliphatic hydroxyl groups is 1. The van der Waals surface area contributed by atoms with Crippen LogP contribution in [0.4, 0.5) is 0 Å². The number of hydrogen-bond donors (Lipinski definition) is 1. The van der Waals surface area contributed by atoms with Crippen molar-refractivity contribution in [2.75, 3.05) is 27.3 Å². The Morgan fingerprint density at radius 3 is 2.45 bits per heavy atom. The third kappa shape index (κ3) is 4.94. The Hall–Kier alpha value is -1.39. The summed E-state index contributed by atoms with van der Waals surface area (Å²) in [5, 5.41) is 8.74. The molecule has 1 aromatic carbocycles. The van der Waals surface area contributed by atoms with E-state index in [0.717, 1.165) is 31.6 Å². The standard InChI is InChI=1S/C16H25NO3/c1-13(17(2)11-5-4-6-12-18)16(19)14-7-9-15(20-3)10-8-14/h7-10,13,18H,4-6,11-12H2,1-3H3. The molecule has 0 saturated heterocycles. The Balaban J connectivity index is 2.51. The number of rotatable bonds is 9. The number of carbonyl (C=O) groups is 1. The zero-order chi connectivity index (χ0) is 15.0. The lowest BCUT2D eigenvalue weighted by Gasteiger charge is -2.23. The first kappa shape index (κ1) is 16.7. The van der Waals surface area contributed by atoms with Crippen molar-refractivity contribution in [2.45, 2.75) is 32.2 Å². The van der Waals surface area contributed by atoms with Crippen LogP contribution in [0.25, 0.3) is 0 Å². The van der Waals surface area contributed by atoms with E-state index in [2.05, 4.69) is 4.90 Å². The van der Waals surface area contributed by atoms with E-state index in [9.17, 15) is 4.79 Å². The van der Waals surface area contributed by atoms with Crippen molar-refractivity contribution in [1.29, 1.82) is 0 Å². The Bertz CT molecular complexity index is 403. The molecule has 1 unspecified atom stereocenters. The maximum Gasteiger partial charge on any atom is 0.179 e. The lowest BCUT2D eigenvalue weighted by Crippen LogP contribution is -2.36. The summed E-state index contributed by atoms with van der Waals surface area (Å²) in [4.78, 5) is 14.4. The SMILES string of the molecule is COc1ccc(C(=O)C(C)N(C)CCCCCO)cc1. The van der Waals surface area contributed by atoms with Gasteiger partial charge in [0.2, 0.25) is 0 Å². The quantitative estimate of drug-likeness (QED) is 0.557. The Labute approximate surface area is 121 Å². The fourth-order valence-corrected chi connectivity index (χ4v) is 2.04. The number of likely N-dealkylation sites (N-methyl/N-ethyl adjacent to an activating group) is 1. The van der Waals surface area contributed by atoms with E-state index in [0.29, 0.717) is 5.56 Å². The molecule has 4 nitrogen and oxygen atoms in total. The van der Waals surface area contributed by atoms with E-state index in [1.165, 1.54) is 0 Å². The summed E-state index contributed by atoms with van der Waals surface area (Å²) in [6, 6.07) is 7.08. The molecule has 1 N–H and O–H groups in total. The molecule has 0 spiro atoms. The Morgan fingerprint density at radius 2 is 1.90 bits per heavy atom. The molecule has 0 bridgehead atoms. The number of unbranched alkanes of at least 4 members (excludes halogenated alkanes) is 2. The van der Waals surface area contributed by atoms with Crippen LogP contribution in [0.15, 0.2) is 24.3 Å². The lowest BCUT2D eigenvalue weighted by molar-refractivity contribution is 0.0866. The van der Waals surface area contributed by atoms with Crippen LogP contribution >= 0.6 is 0 Å². The smallest absolute Gasteiger partial charge is 0.179 e. The van der Waals surface area contributed by atoms with Crippen LogP contribution in [0.2, 0.25) is 0 Å². The monoisotopic (exact) mass is 279 g/mol. The number of ether oxygens (including phenoxy) is 1. The first-order valence-electron chi connectivity index (χ1n) is 7.09. The van der Waals surface area contributed by atoms with E-state index >= 15 is 0 Å². The molecule has 0 aliphatic heterocycles. The van der Waals surface area contributed by atoms with Crippen molar-refractivity contribution in [3.05, 3.63) is 29.8 Å². The minimum Gasteiger partial charge on any atom is -0.497 e. The van der Waals surface area contributed by atoms with Gasteiger partial charge in [-0.1, -0.05) is 0 Å². The minimum atomic E-state index is -0.141. The summed E-state index contributed by atoms with van der Waals surface area (Å²) in [6.07, 6.45) is 2.82. The molecule has 112 valence electrons. The molecule has 0 saturated carbocycles. The molecule has 1 rings (SSSR count). The second-order valence-electron chi connectivity index (χ2n) is 5.03. The zero-order valence-electron chi connectivity index (χ0n) is 12.6. The highest BCUT2D eigenvalue weighted by Crippen LogP contribution is 2.14. The fraction of sp³-hybridized carbons (Fsp3) is 0.562. The fourth-order valence-electron chi connectivity index (χ4n) is 2.04. The zero-order valence-corrected chi connectivity index (χ0v) is 12.6. The van der Waals surface area contributed by atoms with Gasteiger partial charge >= 0.3 is 0 Å². The Kier molecular flexibility index (Phi) is 7.26. The molecule has 0 aliphatic rings. The highest BCUT2D eigenvalue weighted by Gasteiger charge is 2.19. The number of carbonyl (C=O) groups excluding carboxylic acids is 1. The minimum absolute atomic E-state index is 0.123. The first-order valence-corrected chi connectivity index (χ1v) is 7.09. The molecular weight excluding hydrogens is 254 g/mol. The summed E-state index contributed by atoms with van der Waals surface area (Å²) >= 11 is 0. The van der Waals surface area contributed by atoms with E-state index in [4.69, 9.17) is 9.84 Å². The highest BCUT2D eigenvalue weighted by atomic mass is 16.5. The second kappa shape index (κ2) is 8.72. The van der Waals surface area contributed by atoms with Gasteiger partial charge in [0.05, 0.1) is 13.2 Å². The summed E-state index contributed by atoms with van der Waals surface area (Å²) in [5.74, 6) is 0.879. The summed E-state index contributed by atoms with van der Waals surface area (Å²) in [6.45, 7) is 3.03. The number of hydrogen-bond acceptors (Lipinski definition) is 4. The molecule has 0 aromatic heterocycles. The van der Waals surface area contributed by atoms with Gasteiger partial charge in [-0.15, -0.1) is 0 Å². The molecule has 0 radical (unpaired) electrons. The average Bonchev–Trinajstić information content (AvgIpc) is 2.50. The van der Waals surface area contributed by atoms with Gasteiger partial charge in [-0.2, -0.15) is 0 Å². The van der Waals surface area contributed by atoms with Gasteiger partial charge in [-0.25, -0.2) is 0 Å². The van der Waals surface area contributed by atoms with Crippen molar-refractivity contribution >= 4 is 5.78 Å². The van der Waals surface area contributed by atoms with Crippen molar-refractivity contribution in [3.8, 4) is 5.75 Å². The number of benzene rings is 1. The van der Waals surface area contributed by atoms with Gasteiger partial charge in [0.25, 0.3) is 0 Å². The van der Waals surface area contributed by atoms with Crippen molar-refractivity contribution < 1.29 is 14.6 Å². The van der Waals surface area contributed by atoms with Crippen molar-refractivity contribution in [1.82, 2.24) is 4.90 Å². The van der Waals surface area contributed by atoms with Crippen LogP contribution in [-0.4, -0.2) is 49.1 Å². The second-order valence-corrected chi connectivity index (χ2v) is 5.03. The van der Waals surface area contributed by atoms with Gasteiger partial charge in [-0.05, 0) is 64.0 Å². The molecule has 0 aliphatic carbocycles. The third-order valence-corrected chi connectivity index (χ3v) is 3.58.